The first-order valence-corrected chi connectivity index (χ1v) is 12.5. The molecule has 3 aliphatic rings. The van der Waals surface area contributed by atoms with E-state index in [4.69, 9.17) is 4.74 Å². The van der Waals surface area contributed by atoms with Crippen molar-refractivity contribution in [2.24, 2.45) is 17.3 Å². The summed E-state index contributed by atoms with van der Waals surface area (Å²) in [7, 11) is 0. The number of fused-ring (bicyclic) bond motifs is 6. The molecule has 0 amide bonds. The van der Waals surface area contributed by atoms with Crippen LogP contribution in [0.15, 0.2) is 42.5 Å². The summed E-state index contributed by atoms with van der Waals surface area (Å²) in [5.41, 5.74) is 4.34. The van der Waals surface area contributed by atoms with E-state index in [1.54, 1.807) is 6.07 Å². The molecule has 0 radical (unpaired) electrons. The Morgan fingerprint density at radius 1 is 1.09 bits per heavy atom. The number of rotatable bonds is 2. The molecule has 1 aromatic heterocycles. The van der Waals surface area contributed by atoms with Gasteiger partial charge in [-0.2, -0.15) is 0 Å². The lowest BCUT2D eigenvalue weighted by Crippen LogP contribution is -2.43. The second-order valence-corrected chi connectivity index (χ2v) is 10.8. The summed E-state index contributed by atoms with van der Waals surface area (Å²) in [5.74, 6) is 1.80. The number of carbonyl (C=O) groups is 1. The predicted molar refractivity (Wildman–Crippen MR) is 130 cm³/mol. The molecule has 2 saturated carbocycles. The van der Waals surface area contributed by atoms with Gasteiger partial charge in [0, 0.05) is 11.1 Å². The van der Waals surface area contributed by atoms with E-state index in [0.29, 0.717) is 40.0 Å². The fourth-order valence-electron chi connectivity index (χ4n) is 7.19. The van der Waals surface area contributed by atoms with Crippen LogP contribution in [-0.4, -0.2) is 27.3 Å². The lowest BCUT2D eigenvalue weighted by Gasteiger charge is -2.50. The zero-order valence-corrected chi connectivity index (χ0v) is 19.8. The van der Waals surface area contributed by atoms with Crippen molar-refractivity contribution in [2.45, 2.75) is 64.4 Å². The van der Waals surface area contributed by atoms with E-state index in [1.165, 1.54) is 17.2 Å². The first-order valence-electron chi connectivity index (χ1n) is 12.5. The van der Waals surface area contributed by atoms with Crippen LogP contribution in [0, 0.1) is 24.2 Å². The van der Waals surface area contributed by atoms with Crippen LogP contribution >= 0.6 is 0 Å². The molecule has 2 fully saturated rings. The van der Waals surface area contributed by atoms with Gasteiger partial charge in [0.15, 0.2) is 0 Å². The quantitative estimate of drug-likeness (QED) is 0.382. The second kappa shape index (κ2) is 7.81. The number of hydrogen-bond donors (Lipinski definition) is 2. The van der Waals surface area contributed by atoms with Gasteiger partial charge in [-0.3, -0.25) is 0 Å². The second-order valence-electron chi connectivity index (χ2n) is 10.8. The summed E-state index contributed by atoms with van der Waals surface area (Å²) < 4.78 is 5.73. The van der Waals surface area contributed by atoms with Crippen LogP contribution in [0.4, 0.5) is 0 Å². The van der Waals surface area contributed by atoms with Crippen LogP contribution in [0.5, 0.6) is 11.5 Å². The molecule has 6 rings (SSSR count). The molecule has 0 spiro atoms. The molecule has 0 unspecified atom stereocenters. The van der Waals surface area contributed by atoms with Gasteiger partial charge < -0.3 is 14.9 Å². The van der Waals surface area contributed by atoms with E-state index in [2.05, 4.69) is 18.0 Å². The highest BCUT2D eigenvalue weighted by molar-refractivity contribution is 5.97. The Balaban J connectivity index is 1.23. The van der Waals surface area contributed by atoms with Crippen LogP contribution < -0.4 is 4.74 Å². The fourth-order valence-corrected chi connectivity index (χ4v) is 7.19. The Labute approximate surface area is 199 Å². The molecule has 2 aromatic carbocycles. The van der Waals surface area contributed by atoms with Crippen molar-refractivity contribution < 1.29 is 19.7 Å². The van der Waals surface area contributed by atoms with Crippen molar-refractivity contribution in [3.05, 3.63) is 64.8 Å². The lowest BCUT2D eigenvalue weighted by atomic mass is 9.55. The van der Waals surface area contributed by atoms with Crippen LogP contribution in [0.25, 0.3) is 10.9 Å². The number of pyridine rings is 1. The maximum absolute atomic E-state index is 12.9. The zero-order chi connectivity index (χ0) is 23.6. The van der Waals surface area contributed by atoms with Crippen molar-refractivity contribution in [2.75, 3.05) is 0 Å². The van der Waals surface area contributed by atoms with Crippen LogP contribution in [0.3, 0.4) is 0 Å². The summed E-state index contributed by atoms with van der Waals surface area (Å²) in [6.07, 6.45) is 6.22. The molecule has 1 heterocycles. The third-order valence-electron chi connectivity index (χ3n) is 9.01. The van der Waals surface area contributed by atoms with E-state index >= 15 is 0 Å². The number of benzene rings is 2. The Hall–Kier alpha value is -2.92. The zero-order valence-electron chi connectivity index (χ0n) is 19.8. The van der Waals surface area contributed by atoms with E-state index in [0.717, 1.165) is 44.2 Å². The Kier molecular flexibility index (Phi) is 4.96. The topological polar surface area (TPSA) is 79.7 Å². The Bertz CT molecular complexity index is 1300. The number of carbonyl (C=O) groups excluding carboxylic acids is 1. The van der Waals surface area contributed by atoms with Crippen LogP contribution in [0.1, 0.15) is 72.1 Å². The summed E-state index contributed by atoms with van der Waals surface area (Å²) in [5, 5.41) is 21.7. The number of aliphatic hydroxyl groups excluding tert-OH is 1. The SMILES string of the molecule is Cc1ccc2cc(C(=O)Oc3ccc4c(c3)CC[C@@H]3[C@@H]4CC[C@]4(C)[C@@H](O)CC[C@@H]34)cc(O)c2n1. The highest BCUT2D eigenvalue weighted by atomic mass is 16.5. The summed E-state index contributed by atoms with van der Waals surface area (Å²) >= 11 is 0. The van der Waals surface area contributed by atoms with Gasteiger partial charge in [-0.25, -0.2) is 9.78 Å². The van der Waals surface area contributed by atoms with E-state index in [-0.39, 0.29) is 17.3 Å². The molecule has 5 atom stereocenters. The summed E-state index contributed by atoms with van der Waals surface area (Å²) in [6, 6.07) is 12.9. The number of hydrogen-bond acceptors (Lipinski definition) is 5. The normalized spacial score (nSPS) is 29.9. The average Bonchev–Trinajstić information content (AvgIpc) is 3.13. The van der Waals surface area contributed by atoms with Crippen LogP contribution in [0.2, 0.25) is 0 Å². The van der Waals surface area contributed by atoms with E-state index < -0.39 is 5.97 Å². The molecular formula is C29H31NO4. The molecule has 34 heavy (non-hydrogen) atoms. The van der Waals surface area contributed by atoms with Crippen molar-refractivity contribution >= 4 is 16.9 Å². The molecule has 176 valence electrons. The monoisotopic (exact) mass is 457 g/mol. The number of nitrogens with zero attached hydrogens (tertiary/aromatic N) is 1. The molecule has 0 bridgehead atoms. The number of esters is 1. The smallest absolute Gasteiger partial charge is 0.343 e. The van der Waals surface area contributed by atoms with E-state index in [1.807, 2.05) is 31.2 Å². The van der Waals surface area contributed by atoms with Gasteiger partial charge in [-0.05, 0) is 110 Å². The minimum Gasteiger partial charge on any atom is -0.506 e. The molecule has 3 aromatic rings. The van der Waals surface area contributed by atoms with E-state index in [9.17, 15) is 15.0 Å². The van der Waals surface area contributed by atoms with Gasteiger partial charge in [0.1, 0.15) is 17.0 Å². The predicted octanol–water partition coefficient (Wildman–Crippen LogP) is 5.69. The fraction of sp³-hybridized carbons (Fsp3) is 0.448. The summed E-state index contributed by atoms with van der Waals surface area (Å²) in [4.78, 5) is 17.2. The maximum atomic E-state index is 12.9. The third kappa shape index (κ3) is 3.32. The first kappa shape index (κ1) is 21.6. The highest BCUT2D eigenvalue weighted by Gasteiger charge is 2.54. The van der Waals surface area contributed by atoms with Crippen molar-refractivity contribution in [3.63, 3.8) is 0 Å². The van der Waals surface area contributed by atoms with Crippen molar-refractivity contribution in [1.82, 2.24) is 4.98 Å². The lowest BCUT2D eigenvalue weighted by molar-refractivity contribution is -0.0226. The Morgan fingerprint density at radius 3 is 2.79 bits per heavy atom. The average molecular weight is 458 g/mol. The number of ether oxygens (including phenoxy) is 1. The van der Waals surface area contributed by atoms with Gasteiger partial charge in [0.05, 0.1) is 11.7 Å². The standard InChI is InChI=1S/C29H31NO4/c1-16-3-4-18-13-19(15-25(31)27(18)30-16)28(33)34-20-6-8-21-17(14-20)5-7-23-22(21)11-12-29(2)24(23)9-10-26(29)32/h3-4,6,8,13-15,22-24,26,31-32H,5,7,9-12H2,1-2H3/t22-,23-,24+,26+,29+/m1/s1. The number of aromatic hydroxyl groups is 1. The largest absolute Gasteiger partial charge is 0.506 e. The van der Waals surface area contributed by atoms with Crippen LogP contribution in [-0.2, 0) is 6.42 Å². The molecule has 3 aliphatic carbocycles. The van der Waals surface area contributed by atoms with Gasteiger partial charge in [-0.1, -0.05) is 19.1 Å². The minimum absolute atomic E-state index is 0.0223. The third-order valence-corrected chi connectivity index (χ3v) is 9.01. The molecule has 5 nitrogen and oxygen atoms in total. The van der Waals surface area contributed by atoms with Gasteiger partial charge in [-0.15, -0.1) is 0 Å². The minimum atomic E-state index is -0.486. The molecular weight excluding hydrogens is 426 g/mol. The molecule has 2 N–H and O–H groups in total. The number of phenolic OH excluding ortho intramolecular Hbond substituents is 1. The summed E-state index contributed by atoms with van der Waals surface area (Å²) in [6.45, 7) is 4.16. The number of aliphatic hydroxyl groups is 1. The van der Waals surface area contributed by atoms with Crippen molar-refractivity contribution in [1.29, 1.82) is 0 Å². The maximum Gasteiger partial charge on any atom is 0.343 e. The number of aromatic nitrogens is 1. The number of aryl methyl sites for hydroxylation is 2. The molecule has 0 aliphatic heterocycles. The molecule has 5 heteroatoms. The number of phenols is 1. The Morgan fingerprint density at radius 2 is 1.94 bits per heavy atom. The van der Waals surface area contributed by atoms with Crippen molar-refractivity contribution in [3.8, 4) is 11.5 Å². The highest BCUT2D eigenvalue weighted by Crippen LogP contribution is 2.60. The van der Waals surface area contributed by atoms with Gasteiger partial charge >= 0.3 is 5.97 Å². The van der Waals surface area contributed by atoms with Gasteiger partial charge in [0.25, 0.3) is 0 Å². The van der Waals surface area contributed by atoms with Gasteiger partial charge in [0.2, 0.25) is 0 Å². The molecule has 0 saturated heterocycles. The first-order chi connectivity index (χ1) is 16.3.